The molecule has 0 unspecified atom stereocenters. The molecule has 0 saturated heterocycles. The standard InChI is InChI=1S/C19H22ClNO2/c1-14(16-9-5-7-11-18(16)23-3)21(2)19(22)13-12-15-8-4-6-10-17(15)20/h4-11,14H,12-13H2,1-3H3/t14-/m0/s1. The first-order chi connectivity index (χ1) is 11.0. The average molecular weight is 332 g/mol. The summed E-state index contributed by atoms with van der Waals surface area (Å²) in [7, 11) is 3.47. The Bertz CT molecular complexity index is 672. The van der Waals surface area contributed by atoms with Gasteiger partial charge in [-0.2, -0.15) is 0 Å². The van der Waals surface area contributed by atoms with Gasteiger partial charge in [-0.25, -0.2) is 0 Å². The van der Waals surface area contributed by atoms with E-state index in [1.54, 1.807) is 12.0 Å². The van der Waals surface area contributed by atoms with Crippen molar-refractivity contribution in [1.82, 2.24) is 4.90 Å². The molecule has 0 radical (unpaired) electrons. The number of rotatable bonds is 6. The first-order valence-corrected chi connectivity index (χ1v) is 8.04. The van der Waals surface area contributed by atoms with Gasteiger partial charge in [0.05, 0.1) is 13.2 Å². The number of nitrogens with zero attached hydrogens (tertiary/aromatic N) is 1. The van der Waals surface area contributed by atoms with Gasteiger partial charge in [-0.15, -0.1) is 0 Å². The highest BCUT2D eigenvalue weighted by atomic mass is 35.5. The summed E-state index contributed by atoms with van der Waals surface area (Å²) >= 11 is 6.14. The maximum Gasteiger partial charge on any atom is 0.223 e. The summed E-state index contributed by atoms with van der Waals surface area (Å²) in [6.07, 6.45) is 1.07. The smallest absolute Gasteiger partial charge is 0.223 e. The molecule has 0 aliphatic heterocycles. The lowest BCUT2D eigenvalue weighted by Gasteiger charge is -2.26. The van der Waals surface area contributed by atoms with Crippen molar-refractivity contribution in [3.8, 4) is 5.75 Å². The lowest BCUT2D eigenvalue weighted by Crippen LogP contribution is -2.30. The van der Waals surface area contributed by atoms with E-state index in [0.29, 0.717) is 17.9 Å². The molecule has 0 N–H and O–H groups in total. The van der Waals surface area contributed by atoms with Crippen molar-refractivity contribution in [1.29, 1.82) is 0 Å². The van der Waals surface area contributed by atoms with E-state index in [1.807, 2.05) is 62.5 Å². The van der Waals surface area contributed by atoms with E-state index < -0.39 is 0 Å². The van der Waals surface area contributed by atoms with Crippen molar-refractivity contribution in [2.45, 2.75) is 25.8 Å². The number of aryl methyl sites for hydroxylation is 1. The van der Waals surface area contributed by atoms with Crippen LogP contribution in [0.4, 0.5) is 0 Å². The third-order valence-electron chi connectivity index (χ3n) is 4.13. The Labute approximate surface area is 142 Å². The number of carbonyl (C=O) groups excluding carboxylic acids is 1. The summed E-state index contributed by atoms with van der Waals surface area (Å²) in [4.78, 5) is 14.2. The number of hydrogen-bond acceptors (Lipinski definition) is 2. The Hall–Kier alpha value is -2.00. The van der Waals surface area contributed by atoms with E-state index in [0.717, 1.165) is 16.9 Å². The number of amides is 1. The molecule has 0 fully saturated rings. The number of methoxy groups -OCH3 is 1. The maximum absolute atomic E-state index is 12.5. The molecule has 1 atom stereocenters. The molecular formula is C19H22ClNO2. The third kappa shape index (κ3) is 4.26. The second-order valence-electron chi connectivity index (χ2n) is 5.51. The quantitative estimate of drug-likeness (QED) is 0.780. The van der Waals surface area contributed by atoms with Crippen molar-refractivity contribution in [2.24, 2.45) is 0 Å². The molecular weight excluding hydrogens is 310 g/mol. The number of ether oxygens (including phenoxy) is 1. The van der Waals surface area contributed by atoms with Crippen LogP contribution in [0.15, 0.2) is 48.5 Å². The summed E-state index contributed by atoms with van der Waals surface area (Å²) in [5.41, 5.74) is 2.00. The molecule has 0 bridgehead atoms. The fourth-order valence-corrected chi connectivity index (χ4v) is 2.79. The fraction of sp³-hybridized carbons (Fsp3) is 0.316. The van der Waals surface area contributed by atoms with E-state index in [1.165, 1.54) is 0 Å². The highest BCUT2D eigenvalue weighted by Gasteiger charge is 2.20. The molecule has 4 heteroatoms. The van der Waals surface area contributed by atoms with Crippen molar-refractivity contribution < 1.29 is 9.53 Å². The number of carbonyl (C=O) groups is 1. The predicted octanol–water partition coefficient (Wildman–Crippen LogP) is 4.50. The van der Waals surface area contributed by atoms with Crippen LogP contribution in [-0.2, 0) is 11.2 Å². The molecule has 3 nitrogen and oxygen atoms in total. The van der Waals surface area contributed by atoms with Crippen LogP contribution in [0.3, 0.4) is 0 Å². The molecule has 2 aromatic carbocycles. The van der Waals surface area contributed by atoms with Gasteiger partial charge in [0.25, 0.3) is 0 Å². The van der Waals surface area contributed by atoms with E-state index in [2.05, 4.69) is 0 Å². The van der Waals surface area contributed by atoms with Gasteiger partial charge in [0.15, 0.2) is 0 Å². The lowest BCUT2D eigenvalue weighted by molar-refractivity contribution is -0.131. The summed E-state index contributed by atoms with van der Waals surface area (Å²) in [6, 6.07) is 15.4. The highest BCUT2D eigenvalue weighted by Crippen LogP contribution is 2.28. The van der Waals surface area contributed by atoms with Gasteiger partial charge in [-0.1, -0.05) is 48.0 Å². The van der Waals surface area contributed by atoms with Gasteiger partial charge in [-0.3, -0.25) is 4.79 Å². The van der Waals surface area contributed by atoms with Crippen LogP contribution in [0.5, 0.6) is 5.75 Å². The number of para-hydroxylation sites is 1. The van der Waals surface area contributed by atoms with Crippen molar-refractivity contribution in [3.63, 3.8) is 0 Å². The summed E-state index contributed by atoms with van der Waals surface area (Å²) in [5.74, 6) is 0.883. The minimum atomic E-state index is -0.0510. The van der Waals surface area contributed by atoms with E-state index in [9.17, 15) is 4.79 Å². The third-order valence-corrected chi connectivity index (χ3v) is 4.50. The molecule has 2 rings (SSSR count). The Morgan fingerprint density at radius 3 is 2.52 bits per heavy atom. The molecule has 122 valence electrons. The summed E-state index contributed by atoms with van der Waals surface area (Å²) < 4.78 is 5.39. The van der Waals surface area contributed by atoms with Crippen LogP contribution >= 0.6 is 11.6 Å². The molecule has 0 aromatic heterocycles. The van der Waals surface area contributed by atoms with Crippen LogP contribution in [0, 0.1) is 0 Å². The van der Waals surface area contributed by atoms with Crippen LogP contribution in [0.25, 0.3) is 0 Å². The van der Waals surface area contributed by atoms with E-state index in [-0.39, 0.29) is 11.9 Å². The normalized spacial score (nSPS) is 11.8. The largest absolute Gasteiger partial charge is 0.496 e. The summed E-state index contributed by atoms with van der Waals surface area (Å²) in [5, 5.41) is 0.709. The summed E-state index contributed by atoms with van der Waals surface area (Å²) in [6.45, 7) is 2.01. The fourth-order valence-electron chi connectivity index (χ4n) is 2.56. The Morgan fingerprint density at radius 1 is 1.17 bits per heavy atom. The zero-order valence-corrected chi connectivity index (χ0v) is 14.5. The topological polar surface area (TPSA) is 29.5 Å². The second-order valence-corrected chi connectivity index (χ2v) is 5.92. The number of benzene rings is 2. The van der Waals surface area contributed by atoms with E-state index >= 15 is 0 Å². The van der Waals surface area contributed by atoms with Gasteiger partial charge in [0.1, 0.15) is 5.75 Å². The van der Waals surface area contributed by atoms with E-state index in [4.69, 9.17) is 16.3 Å². The molecule has 0 aliphatic carbocycles. The monoisotopic (exact) mass is 331 g/mol. The van der Waals surface area contributed by atoms with Crippen LogP contribution < -0.4 is 4.74 Å². The van der Waals surface area contributed by atoms with Gasteiger partial charge in [0, 0.05) is 24.1 Å². The molecule has 0 saturated carbocycles. The maximum atomic E-state index is 12.5. The molecule has 0 aliphatic rings. The second kappa shape index (κ2) is 8.02. The lowest BCUT2D eigenvalue weighted by atomic mass is 10.0. The van der Waals surface area contributed by atoms with Gasteiger partial charge in [0.2, 0.25) is 5.91 Å². The van der Waals surface area contributed by atoms with Crippen LogP contribution in [-0.4, -0.2) is 25.0 Å². The zero-order chi connectivity index (χ0) is 16.8. The van der Waals surface area contributed by atoms with Crippen LogP contribution in [0.2, 0.25) is 5.02 Å². The number of halogens is 1. The van der Waals surface area contributed by atoms with Crippen molar-refractivity contribution in [3.05, 3.63) is 64.7 Å². The predicted molar refractivity (Wildman–Crippen MR) is 94.0 cm³/mol. The minimum Gasteiger partial charge on any atom is -0.496 e. The number of hydrogen-bond donors (Lipinski definition) is 0. The SMILES string of the molecule is COc1ccccc1[C@H](C)N(C)C(=O)CCc1ccccc1Cl. The molecule has 0 heterocycles. The first kappa shape index (κ1) is 17.4. The van der Waals surface area contributed by atoms with Gasteiger partial charge < -0.3 is 9.64 Å². The molecule has 23 heavy (non-hydrogen) atoms. The average Bonchev–Trinajstić information content (AvgIpc) is 2.59. The highest BCUT2D eigenvalue weighted by molar-refractivity contribution is 6.31. The van der Waals surface area contributed by atoms with Crippen molar-refractivity contribution in [2.75, 3.05) is 14.2 Å². The minimum absolute atomic E-state index is 0.0510. The molecule has 2 aromatic rings. The van der Waals surface area contributed by atoms with Gasteiger partial charge >= 0.3 is 0 Å². The Kier molecular flexibility index (Phi) is 6.05. The molecule has 0 spiro atoms. The van der Waals surface area contributed by atoms with Crippen LogP contribution in [0.1, 0.15) is 30.5 Å². The Balaban J connectivity index is 2.03. The Morgan fingerprint density at radius 2 is 1.83 bits per heavy atom. The van der Waals surface area contributed by atoms with Crippen molar-refractivity contribution >= 4 is 17.5 Å². The first-order valence-electron chi connectivity index (χ1n) is 7.66. The zero-order valence-electron chi connectivity index (χ0n) is 13.8. The van der Waals surface area contributed by atoms with Gasteiger partial charge in [-0.05, 0) is 31.0 Å². The molecule has 1 amide bonds.